The molecule has 1 atom stereocenters. The van der Waals surface area contributed by atoms with Crippen LogP contribution in [0.2, 0.25) is 0 Å². The molecule has 4 N–H and O–H groups in total. The monoisotopic (exact) mass is 238 g/mol. The Balaban J connectivity index is 2.54. The normalized spacial score (nSPS) is 12.1. The summed E-state index contributed by atoms with van der Waals surface area (Å²) in [5.74, 6) is -1.14. The van der Waals surface area contributed by atoms with Crippen LogP contribution in [-0.2, 0) is 16.1 Å². The molecule has 0 saturated heterocycles. The van der Waals surface area contributed by atoms with Gasteiger partial charge in [-0.1, -0.05) is 0 Å². The summed E-state index contributed by atoms with van der Waals surface area (Å²) >= 11 is 0. The summed E-state index contributed by atoms with van der Waals surface area (Å²) in [5.41, 5.74) is 5.69. The molecule has 0 spiro atoms. The molecule has 0 aromatic carbocycles. The third-order valence-electron chi connectivity index (χ3n) is 2.09. The Hall–Kier alpha value is -2.02. The van der Waals surface area contributed by atoms with Crippen molar-refractivity contribution in [2.45, 2.75) is 25.9 Å². The number of rotatable bonds is 6. The lowest BCUT2D eigenvalue weighted by Crippen LogP contribution is -2.39. The average molecular weight is 238 g/mol. The molecule has 1 heterocycles. The van der Waals surface area contributed by atoms with E-state index in [0.29, 0.717) is 5.82 Å². The van der Waals surface area contributed by atoms with Gasteiger partial charge in [0, 0.05) is 24.5 Å². The summed E-state index contributed by atoms with van der Waals surface area (Å²) in [5, 5.41) is 11.5. The number of aliphatic carboxylic acids is 1. The Morgan fingerprint density at radius 3 is 2.53 bits per heavy atom. The number of carboxylic acids is 1. The summed E-state index contributed by atoms with van der Waals surface area (Å²) in [7, 11) is 0. The summed E-state index contributed by atoms with van der Waals surface area (Å²) in [4.78, 5) is 29.4. The molecule has 0 aliphatic heterocycles. The number of aryl methyl sites for hydroxylation is 1. The molecule has 0 fully saturated rings. The minimum Gasteiger partial charge on any atom is -0.480 e. The van der Waals surface area contributed by atoms with Gasteiger partial charge in [-0.3, -0.25) is 14.9 Å². The van der Waals surface area contributed by atoms with Crippen molar-refractivity contribution in [2.75, 3.05) is 0 Å². The smallest absolute Gasteiger partial charge is 0.321 e. The molecule has 17 heavy (non-hydrogen) atoms. The highest BCUT2D eigenvalue weighted by molar-refractivity contribution is 5.83. The van der Waals surface area contributed by atoms with Gasteiger partial charge < -0.3 is 10.8 Å². The number of nitrogens with two attached hydrogens (primary N) is 1. The number of aromatic nitrogens is 2. The fourth-order valence-corrected chi connectivity index (χ4v) is 1.20. The fraction of sp³-hybridized carbons (Fsp3) is 0.400. The lowest BCUT2D eigenvalue weighted by atomic mass is 10.2. The Morgan fingerprint density at radius 1 is 1.47 bits per heavy atom. The topological polar surface area (TPSA) is 118 Å². The zero-order chi connectivity index (χ0) is 12.8. The maximum atomic E-state index is 10.8. The number of carboxylic acid groups (broad SMARTS) is 1. The maximum absolute atomic E-state index is 10.8. The van der Waals surface area contributed by atoms with Crippen molar-refractivity contribution in [3.63, 3.8) is 0 Å². The van der Waals surface area contributed by atoms with Crippen LogP contribution in [0, 0.1) is 6.92 Å². The first-order chi connectivity index (χ1) is 7.99. The highest BCUT2D eigenvalue weighted by atomic mass is 16.4. The summed E-state index contributed by atoms with van der Waals surface area (Å²) in [6.07, 6.45) is 2.94. The predicted octanol–water partition coefficient (Wildman–Crippen LogP) is -0.797. The Kier molecular flexibility index (Phi) is 4.53. The van der Waals surface area contributed by atoms with Crippen LogP contribution in [0.15, 0.2) is 12.4 Å². The van der Waals surface area contributed by atoms with Crippen molar-refractivity contribution in [2.24, 2.45) is 5.73 Å². The second-order valence-corrected chi connectivity index (χ2v) is 3.58. The number of nitrogens with one attached hydrogen (secondary N) is 1. The van der Waals surface area contributed by atoms with Gasteiger partial charge in [-0.15, -0.1) is 0 Å². The zero-order valence-electron chi connectivity index (χ0n) is 9.38. The summed E-state index contributed by atoms with van der Waals surface area (Å²) < 4.78 is 0. The molecule has 1 amide bonds. The Morgan fingerprint density at radius 2 is 2.06 bits per heavy atom. The minimum atomic E-state index is -1.11. The van der Waals surface area contributed by atoms with Crippen LogP contribution in [0.5, 0.6) is 0 Å². The molecule has 1 rings (SSSR count). The van der Waals surface area contributed by atoms with E-state index in [1.807, 2.05) is 0 Å². The van der Waals surface area contributed by atoms with E-state index in [4.69, 9.17) is 10.8 Å². The molecule has 0 aliphatic carbocycles. The van der Waals surface area contributed by atoms with Gasteiger partial charge in [-0.05, 0) is 6.92 Å². The van der Waals surface area contributed by atoms with Crippen LogP contribution >= 0.6 is 0 Å². The van der Waals surface area contributed by atoms with E-state index in [-0.39, 0.29) is 13.0 Å². The Bertz CT molecular complexity index is 405. The number of primary amides is 1. The average Bonchev–Trinajstić information content (AvgIpc) is 2.25. The van der Waals surface area contributed by atoms with Crippen molar-refractivity contribution >= 4 is 11.9 Å². The predicted molar refractivity (Wildman–Crippen MR) is 58.8 cm³/mol. The largest absolute Gasteiger partial charge is 0.480 e. The van der Waals surface area contributed by atoms with Gasteiger partial charge in [0.25, 0.3) is 0 Å². The van der Waals surface area contributed by atoms with Crippen LogP contribution in [0.25, 0.3) is 0 Å². The second kappa shape index (κ2) is 5.90. The second-order valence-electron chi connectivity index (χ2n) is 3.58. The zero-order valence-corrected chi connectivity index (χ0v) is 9.38. The van der Waals surface area contributed by atoms with Crippen LogP contribution in [0.3, 0.4) is 0 Å². The molecule has 7 nitrogen and oxygen atoms in total. The van der Waals surface area contributed by atoms with Gasteiger partial charge in [-0.25, -0.2) is 9.97 Å². The lowest BCUT2D eigenvalue weighted by Gasteiger charge is -2.12. The summed E-state index contributed by atoms with van der Waals surface area (Å²) in [6, 6.07) is -0.992. The number of carbonyl (C=O) groups is 2. The van der Waals surface area contributed by atoms with Crippen molar-refractivity contribution in [3.8, 4) is 0 Å². The van der Waals surface area contributed by atoms with E-state index < -0.39 is 17.9 Å². The van der Waals surface area contributed by atoms with Crippen LogP contribution in [-0.4, -0.2) is 33.0 Å². The number of nitrogens with zero attached hydrogens (tertiary/aromatic N) is 2. The van der Waals surface area contributed by atoms with Gasteiger partial charge >= 0.3 is 5.97 Å². The lowest BCUT2D eigenvalue weighted by molar-refractivity contribution is -0.141. The highest BCUT2D eigenvalue weighted by Gasteiger charge is 2.18. The number of hydrogen-bond acceptors (Lipinski definition) is 5. The van der Waals surface area contributed by atoms with Crippen molar-refractivity contribution in [1.82, 2.24) is 15.3 Å². The molecule has 0 saturated carbocycles. The van der Waals surface area contributed by atoms with E-state index in [1.54, 1.807) is 19.3 Å². The molecule has 0 radical (unpaired) electrons. The van der Waals surface area contributed by atoms with Crippen molar-refractivity contribution in [1.29, 1.82) is 0 Å². The van der Waals surface area contributed by atoms with Gasteiger partial charge in [0.05, 0.1) is 6.42 Å². The van der Waals surface area contributed by atoms with Gasteiger partial charge in [0.15, 0.2) is 0 Å². The number of amides is 1. The summed E-state index contributed by atoms with van der Waals surface area (Å²) in [6.45, 7) is 2.02. The first kappa shape index (κ1) is 13.0. The maximum Gasteiger partial charge on any atom is 0.321 e. The molecule has 1 aromatic heterocycles. The molecular formula is C10H14N4O3. The Labute approximate surface area is 98.1 Å². The van der Waals surface area contributed by atoms with Crippen LogP contribution in [0.1, 0.15) is 17.8 Å². The molecular weight excluding hydrogens is 224 g/mol. The third-order valence-corrected chi connectivity index (χ3v) is 2.09. The first-order valence-corrected chi connectivity index (χ1v) is 5.01. The minimum absolute atomic E-state index is 0.248. The van der Waals surface area contributed by atoms with E-state index in [1.165, 1.54) is 0 Å². The molecule has 1 unspecified atom stereocenters. The van der Waals surface area contributed by atoms with E-state index in [0.717, 1.165) is 5.56 Å². The molecule has 7 heteroatoms. The third kappa shape index (κ3) is 4.56. The number of hydrogen-bond donors (Lipinski definition) is 3. The number of carbonyl (C=O) groups excluding carboxylic acids is 1. The van der Waals surface area contributed by atoms with Gasteiger partial charge in [0.1, 0.15) is 11.9 Å². The quantitative estimate of drug-likeness (QED) is 0.597. The van der Waals surface area contributed by atoms with Gasteiger partial charge in [-0.2, -0.15) is 0 Å². The first-order valence-electron chi connectivity index (χ1n) is 5.01. The molecule has 0 bridgehead atoms. The van der Waals surface area contributed by atoms with Crippen LogP contribution < -0.4 is 11.1 Å². The molecule has 1 aromatic rings. The highest BCUT2D eigenvalue weighted by Crippen LogP contribution is 1.98. The van der Waals surface area contributed by atoms with Crippen LogP contribution in [0.4, 0.5) is 0 Å². The van der Waals surface area contributed by atoms with Crippen molar-refractivity contribution in [3.05, 3.63) is 23.8 Å². The molecule has 92 valence electrons. The van der Waals surface area contributed by atoms with Gasteiger partial charge in [0.2, 0.25) is 5.91 Å². The van der Waals surface area contributed by atoms with Crippen molar-refractivity contribution < 1.29 is 14.7 Å². The van der Waals surface area contributed by atoms with E-state index in [2.05, 4.69) is 15.3 Å². The van der Waals surface area contributed by atoms with E-state index in [9.17, 15) is 9.59 Å². The SMILES string of the molecule is Cc1ncc(CNC(CC(N)=O)C(=O)O)cn1. The standard InChI is InChI=1S/C10H14N4O3/c1-6-12-3-7(4-13-6)5-14-8(10(16)17)2-9(11)15/h3-4,8,14H,2,5H2,1H3,(H2,11,15)(H,16,17). The van der Waals surface area contributed by atoms with E-state index >= 15 is 0 Å². The fourth-order valence-electron chi connectivity index (χ4n) is 1.20. The molecule has 0 aliphatic rings.